The minimum atomic E-state index is -0.877. The van der Waals surface area contributed by atoms with Crippen molar-refractivity contribution in [2.45, 2.75) is 79.2 Å². The molecule has 2 rings (SSSR count). The molecule has 1 amide bonds. The van der Waals surface area contributed by atoms with Crippen LogP contribution in [0.15, 0.2) is 54.1 Å². The summed E-state index contributed by atoms with van der Waals surface area (Å²) < 4.78 is 17.2. The average molecular weight is 528 g/mol. The Bertz CT molecular complexity index is 1050. The number of carbonyl (C=O) groups is 4. The Labute approximate surface area is 226 Å². The third kappa shape index (κ3) is 8.57. The lowest BCUT2D eigenvalue weighted by atomic mass is 9.86. The minimum Gasteiger partial charge on any atom is -0.462 e. The summed E-state index contributed by atoms with van der Waals surface area (Å²) in [7, 11) is 1.57. The van der Waals surface area contributed by atoms with Gasteiger partial charge in [0.15, 0.2) is 0 Å². The van der Waals surface area contributed by atoms with E-state index >= 15 is 0 Å². The highest BCUT2D eigenvalue weighted by Crippen LogP contribution is 2.28. The molecule has 0 aromatic heterocycles. The van der Waals surface area contributed by atoms with E-state index in [9.17, 15) is 19.2 Å². The number of esters is 3. The standard InChI is InChI=1S/C30H41NO7/c1-18-14-15-27(34)31(8)26(17-25-12-10-9-11-13-25)30(35)36-22(5)21(4)29(38-24(7)33)20(3)16-19(2)28(18)37-23(6)32/h9-16,18,20-22,26,28-29H,17H2,1-8H3/b15-14+,19-16-/t18-,20+,21+,22+,26+,28+,29-/m1/s1. The molecule has 1 aromatic carbocycles. The first-order valence-corrected chi connectivity index (χ1v) is 13.0. The van der Waals surface area contributed by atoms with Crippen LogP contribution in [0.2, 0.25) is 0 Å². The lowest BCUT2D eigenvalue weighted by Crippen LogP contribution is -2.46. The largest absolute Gasteiger partial charge is 0.462 e. The van der Waals surface area contributed by atoms with Crippen LogP contribution in [-0.2, 0) is 39.8 Å². The van der Waals surface area contributed by atoms with E-state index in [1.165, 1.54) is 24.8 Å². The molecule has 7 atom stereocenters. The Morgan fingerprint density at radius 1 is 0.947 bits per heavy atom. The smallest absolute Gasteiger partial charge is 0.329 e. The van der Waals surface area contributed by atoms with Gasteiger partial charge in [-0.15, -0.1) is 0 Å². The summed E-state index contributed by atoms with van der Waals surface area (Å²) in [6.45, 7) is 11.9. The average Bonchev–Trinajstić information content (AvgIpc) is 2.86. The molecule has 38 heavy (non-hydrogen) atoms. The zero-order chi connectivity index (χ0) is 28.6. The molecular weight excluding hydrogens is 486 g/mol. The number of benzene rings is 1. The number of rotatable bonds is 4. The van der Waals surface area contributed by atoms with Gasteiger partial charge in [-0.25, -0.2) is 4.79 Å². The Kier molecular flexibility index (Phi) is 11.3. The van der Waals surface area contributed by atoms with Gasteiger partial charge in [0.25, 0.3) is 0 Å². The number of hydrogen-bond donors (Lipinski definition) is 0. The van der Waals surface area contributed by atoms with Crippen molar-refractivity contribution in [2.75, 3.05) is 7.05 Å². The van der Waals surface area contributed by atoms with Gasteiger partial charge in [0.2, 0.25) is 5.91 Å². The molecule has 8 nitrogen and oxygen atoms in total. The zero-order valence-electron chi connectivity index (χ0n) is 23.7. The monoisotopic (exact) mass is 527 g/mol. The van der Waals surface area contributed by atoms with Crippen LogP contribution < -0.4 is 0 Å². The highest BCUT2D eigenvalue weighted by molar-refractivity contribution is 5.91. The summed E-state index contributed by atoms with van der Waals surface area (Å²) in [5, 5.41) is 0. The molecule has 1 aliphatic heterocycles. The summed E-state index contributed by atoms with van der Waals surface area (Å²) in [5.74, 6) is -2.80. The van der Waals surface area contributed by atoms with Gasteiger partial charge in [-0.05, 0) is 31.1 Å². The van der Waals surface area contributed by atoms with Gasteiger partial charge < -0.3 is 19.1 Å². The van der Waals surface area contributed by atoms with Gasteiger partial charge in [0.1, 0.15) is 24.4 Å². The molecule has 1 aromatic rings. The zero-order valence-corrected chi connectivity index (χ0v) is 23.7. The number of likely N-dealkylation sites (N-methyl/N-ethyl adjacent to an activating group) is 1. The van der Waals surface area contributed by atoms with E-state index in [2.05, 4.69) is 0 Å². The van der Waals surface area contributed by atoms with Gasteiger partial charge >= 0.3 is 17.9 Å². The van der Waals surface area contributed by atoms with E-state index in [4.69, 9.17) is 14.2 Å². The molecule has 0 N–H and O–H groups in total. The third-order valence-electron chi connectivity index (χ3n) is 7.03. The molecule has 0 aliphatic carbocycles. The van der Waals surface area contributed by atoms with Crippen molar-refractivity contribution < 1.29 is 33.4 Å². The van der Waals surface area contributed by atoms with Crippen molar-refractivity contribution in [2.24, 2.45) is 17.8 Å². The molecule has 1 heterocycles. The van der Waals surface area contributed by atoms with Crippen molar-refractivity contribution in [1.29, 1.82) is 0 Å². The van der Waals surface area contributed by atoms with Crippen LogP contribution in [0, 0.1) is 17.8 Å². The van der Waals surface area contributed by atoms with Crippen LogP contribution in [0.25, 0.3) is 0 Å². The fraction of sp³-hybridized carbons (Fsp3) is 0.533. The maximum atomic E-state index is 13.5. The van der Waals surface area contributed by atoms with Gasteiger partial charge in [-0.3, -0.25) is 14.4 Å². The Morgan fingerprint density at radius 2 is 1.55 bits per heavy atom. The molecule has 0 saturated carbocycles. The van der Waals surface area contributed by atoms with E-state index in [-0.39, 0.29) is 30.1 Å². The predicted molar refractivity (Wildman–Crippen MR) is 144 cm³/mol. The number of amides is 1. The molecule has 0 spiro atoms. The highest BCUT2D eigenvalue weighted by Gasteiger charge is 2.35. The van der Waals surface area contributed by atoms with Crippen LogP contribution >= 0.6 is 0 Å². The van der Waals surface area contributed by atoms with Crippen molar-refractivity contribution in [3.8, 4) is 0 Å². The first kappa shape index (κ1) is 30.8. The first-order chi connectivity index (χ1) is 17.8. The quantitative estimate of drug-likeness (QED) is 0.327. The fourth-order valence-electron chi connectivity index (χ4n) is 4.74. The summed E-state index contributed by atoms with van der Waals surface area (Å²) in [4.78, 5) is 51.9. The van der Waals surface area contributed by atoms with E-state index in [0.717, 1.165) is 11.1 Å². The normalized spacial score (nSPS) is 31.6. The van der Waals surface area contributed by atoms with E-state index < -0.39 is 42.3 Å². The van der Waals surface area contributed by atoms with E-state index in [0.29, 0.717) is 0 Å². The third-order valence-corrected chi connectivity index (χ3v) is 7.03. The Morgan fingerprint density at radius 3 is 2.13 bits per heavy atom. The fourth-order valence-corrected chi connectivity index (χ4v) is 4.74. The van der Waals surface area contributed by atoms with Crippen LogP contribution in [0.4, 0.5) is 0 Å². The molecule has 0 saturated heterocycles. The lowest BCUT2D eigenvalue weighted by molar-refractivity contribution is -0.165. The molecule has 0 unspecified atom stereocenters. The Balaban J connectivity index is 2.57. The second-order valence-electron chi connectivity index (χ2n) is 10.2. The van der Waals surface area contributed by atoms with Crippen LogP contribution in [0.5, 0.6) is 0 Å². The molecule has 0 fully saturated rings. The van der Waals surface area contributed by atoms with Gasteiger partial charge in [0.05, 0.1) is 0 Å². The first-order valence-electron chi connectivity index (χ1n) is 13.0. The van der Waals surface area contributed by atoms with Crippen molar-refractivity contribution in [3.05, 3.63) is 59.7 Å². The highest BCUT2D eigenvalue weighted by atomic mass is 16.6. The lowest BCUT2D eigenvalue weighted by Gasteiger charge is -2.33. The molecule has 1 aliphatic rings. The van der Waals surface area contributed by atoms with Gasteiger partial charge in [-0.1, -0.05) is 63.3 Å². The second-order valence-corrected chi connectivity index (χ2v) is 10.2. The topological polar surface area (TPSA) is 99.2 Å². The second kappa shape index (κ2) is 13.9. The minimum absolute atomic E-state index is 0.271. The summed E-state index contributed by atoms with van der Waals surface area (Å²) in [6.07, 6.45) is 3.40. The van der Waals surface area contributed by atoms with Crippen LogP contribution in [-0.4, -0.2) is 60.1 Å². The molecule has 208 valence electrons. The van der Waals surface area contributed by atoms with Gasteiger partial charge in [0, 0.05) is 45.1 Å². The van der Waals surface area contributed by atoms with Crippen LogP contribution in [0.1, 0.15) is 54.0 Å². The summed E-state index contributed by atoms with van der Waals surface area (Å²) >= 11 is 0. The predicted octanol–water partition coefficient (Wildman–Crippen LogP) is 4.28. The van der Waals surface area contributed by atoms with E-state index in [1.807, 2.05) is 64.1 Å². The van der Waals surface area contributed by atoms with Crippen molar-refractivity contribution >= 4 is 23.8 Å². The molecule has 8 heteroatoms. The number of nitrogens with zero attached hydrogens (tertiary/aromatic N) is 1. The number of cyclic esters (lactones) is 1. The number of carbonyl (C=O) groups excluding carboxylic acids is 4. The summed E-state index contributed by atoms with van der Waals surface area (Å²) in [5.41, 5.74) is 1.64. The van der Waals surface area contributed by atoms with Gasteiger partial charge in [-0.2, -0.15) is 0 Å². The molecular formula is C30H41NO7. The summed E-state index contributed by atoms with van der Waals surface area (Å²) in [6, 6.07) is 8.53. The van der Waals surface area contributed by atoms with Crippen LogP contribution in [0.3, 0.4) is 0 Å². The molecule has 0 radical (unpaired) electrons. The van der Waals surface area contributed by atoms with Crippen molar-refractivity contribution in [3.63, 3.8) is 0 Å². The van der Waals surface area contributed by atoms with Crippen molar-refractivity contribution in [1.82, 2.24) is 4.90 Å². The SMILES string of the molecule is CC(=O)O[C@H]1[C@@H](C)[C@H](C)OC(=O)[C@H](Cc2ccccc2)N(C)C(=O)/C=C/[C@@H](C)[C@H](OC(C)=O)/C(C)=C\[C@@H]1C. The number of hydrogen-bond acceptors (Lipinski definition) is 7. The van der Waals surface area contributed by atoms with E-state index in [1.54, 1.807) is 20.0 Å². The maximum absolute atomic E-state index is 13.5. The molecule has 0 bridgehead atoms. The Hall–Kier alpha value is -3.42. The number of ether oxygens (including phenoxy) is 3. The maximum Gasteiger partial charge on any atom is 0.329 e.